The first-order valence-electron chi connectivity index (χ1n) is 6.28. The average Bonchev–Trinajstić information content (AvgIpc) is 2.30. The first kappa shape index (κ1) is 14.2. The minimum atomic E-state index is -0.385. The van der Waals surface area contributed by atoms with Gasteiger partial charge in [0, 0.05) is 5.41 Å². The fourth-order valence-electron chi connectivity index (χ4n) is 2.37. The van der Waals surface area contributed by atoms with Crippen LogP contribution in [-0.2, 0) is 6.42 Å². The van der Waals surface area contributed by atoms with E-state index in [1.807, 2.05) is 0 Å². The van der Waals surface area contributed by atoms with Gasteiger partial charge in [0.1, 0.15) is 0 Å². The molecule has 0 aromatic heterocycles. The summed E-state index contributed by atoms with van der Waals surface area (Å²) in [5.74, 6) is 0.472. The van der Waals surface area contributed by atoms with Crippen LogP contribution in [0.3, 0.4) is 0 Å². The zero-order valence-corrected chi connectivity index (χ0v) is 11.1. The highest BCUT2D eigenvalue weighted by Gasteiger charge is 2.29. The Balaban J connectivity index is 2.82. The topological polar surface area (TPSA) is 40.5 Å². The number of hydrogen-bond acceptors (Lipinski definition) is 2. The molecule has 0 amide bonds. The van der Waals surface area contributed by atoms with E-state index in [4.69, 9.17) is 0 Å². The predicted molar refractivity (Wildman–Crippen MR) is 70.9 cm³/mol. The number of aliphatic hydroxyl groups is 2. The molecule has 96 valence electrons. The van der Waals surface area contributed by atoms with Crippen LogP contribution >= 0.6 is 0 Å². The van der Waals surface area contributed by atoms with Crippen LogP contribution in [0, 0.1) is 18.3 Å². The Morgan fingerprint density at radius 2 is 1.59 bits per heavy atom. The van der Waals surface area contributed by atoms with Crippen LogP contribution < -0.4 is 0 Å². The summed E-state index contributed by atoms with van der Waals surface area (Å²) in [6.07, 6.45) is 1.58. The molecular formula is C15H24O2. The molecule has 17 heavy (non-hydrogen) atoms. The lowest BCUT2D eigenvalue weighted by Crippen LogP contribution is -2.34. The van der Waals surface area contributed by atoms with E-state index >= 15 is 0 Å². The second-order valence-corrected chi connectivity index (χ2v) is 5.58. The largest absolute Gasteiger partial charge is 0.396 e. The van der Waals surface area contributed by atoms with Gasteiger partial charge in [-0.2, -0.15) is 0 Å². The second kappa shape index (κ2) is 6.18. The monoisotopic (exact) mass is 236 g/mol. The highest BCUT2D eigenvalue weighted by molar-refractivity contribution is 5.22. The maximum Gasteiger partial charge on any atom is 0.0512 e. The highest BCUT2D eigenvalue weighted by atomic mass is 16.3. The Morgan fingerprint density at radius 1 is 1.06 bits per heavy atom. The molecule has 0 atom stereocenters. The third kappa shape index (κ3) is 4.14. The van der Waals surface area contributed by atoms with Crippen LogP contribution in [0.4, 0.5) is 0 Å². The standard InChI is InChI=1S/C15H24O2/c1-12(2)8-15(10-16,11-17)9-14-6-4-13(3)5-7-14/h4-7,12,16-17H,8-11H2,1-3H3. The second-order valence-electron chi connectivity index (χ2n) is 5.58. The molecule has 2 nitrogen and oxygen atoms in total. The van der Waals surface area contributed by atoms with Gasteiger partial charge in [-0.25, -0.2) is 0 Å². The van der Waals surface area contributed by atoms with Gasteiger partial charge in [-0.1, -0.05) is 43.7 Å². The van der Waals surface area contributed by atoms with Crippen LogP contribution in [0.25, 0.3) is 0 Å². The van der Waals surface area contributed by atoms with E-state index in [0.717, 1.165) is 12.8 Å². The maximum absolute atomic E-state index is 9.58. The smallest absolute Gasteiger partial charge is 0.0512 e. The molecule has 0 saturated carbocycles. The number of benzene rings is 1. The van der Waals surface area contributed by atoms with Crippen LogP contribution in [0.1, 0.15) is 31.4 Å². The van der Waals surface area contributed by atoms with Crippen molar-refractivity contribution in [1.82, 2.24) is 0 Å². The molecule has 1 rings (SSSR count). The van der Waals surface area contributed by atoms with Crippen molar-refractivity contribution in [1.29, 1.82) is 0 Å². The van der Waals surface area contributed by atoms with Gasteiger partial charge in [-0.15, -0.1) is 0 Å². The molecule has 1 aromatic rings. The van der Waals surface area contributed by atoms with Crippen molar-refractivity contribution in [3.8, 4) is 0 Å². The van der Waals surface area contributed by atoms with Gasteiger partial charge >= 0.3 is 0 Å². The normalized spacial score (nSPS) is 12.1. The third-order valence-electron chi connectivity index (χ3n) is 3.21. The molecule has 1 aromatic carbocycles. The number of aryl methyl sites for hydroxylation is 1. The summed E-state index contributed by atoms with van der Waals surface area (Å²) >= 11 is 0. The first-order valence-corrected chi connectivity index (χ1v) is 6.28. The molecule has 0 spiro atoms. The van der Waals surface area contributed by atoms with E-state index in [0.29, 0.717) is 5.92 Å². The Bertz CT molecular complexity index is 323. The van der Waals surface area contributed by atoms with Gasteiger partial charge in [-0.3, -0.25) is 0 Å². The lowest BCUT2D eigenvalue weighted by atomic mass is 9.76. The highest BCUT2D eigenvalue weighted by Crippen LogP contribution is 2.30. The Kier molecular flexibility index (Phi) is 5.16. The molecular weight excluding hydrogens is 212 g/mol. The molecule has 0 unspecified atom stereocenters. The Labute approximate surface area is 104 Å². The number of aliphatic hydroxyl groups excluding tert-OH is 2. The molecule has 0 bridgehead atoms. The molecule has 0 fully saturated rings. The zero-order valence-electron chi connectivity index (χ0n) is 11.1. The SMILES string of the molecule is Cc1ccc(CC(CO)(CO)CC(C)C)cc1. The van der Waals surface area contributed by atoms with Crippen molar-refractivity contribution in [2.75, 3.05) is 13.2 Å². The zero-order chi connectivity index (χ0) is 12.9. The minimum Gasteiger partial charge on any atom is -0.396 e. The Morgan fingerprint density at radius 3 is 2.00 bits per heavy atom. The molecule has 0 radical (unpaired) electrons. The number of hydrogen-bond donors (Lipinski definition) is 2. The van der Waals surface area contributed by atoms with Crippen molar-refractivity contribution < 1.29 is 10.2 Å². The van der Waals surface area contributed by atoms with Crippen molar-refractivity contribution in [3.05, 3.63) is 35.4 Å². The summed E-state index contributed by atoms with van der Waals surface area (Å²) in [5.41, 5.74) is 2.03. The van der Waals surface area contributed by atoms with Gasteiger partial charge in [0.25, 0.3) is 0 Å². The van der Waals surface area contributed by atoms with E-state index in [1.165, 1.54) is 11.1 Å². The van der Waals surface area contributed by atoms with Crippen molar-refractivity contribution in [2.24, 2.45) is 11.3 Å². The van der Waals surface area contributed by atoms with Crippen molar-refractivity contribution in [3.63, 3.8) is 0 Å². The van der Waals surface area contributed by atoms with Crippen molar-refractivity contribution in [2.45, 2.75) is 33.6 Å². The summed E-state index contributed by atoms with van der Waals surface area (Å²) < 4.78 is 0. The minimum absolute atomic E-state index is 0.0373. The third-order valence-corrected chi connectivity index (χ3v) is 3.21. The summed E-state index contributed by atoms with van der Waals surface area (Å²) in [6, 6.07) is 8.31. The summed E-state index contributed by atoms with van der Waals surface area (Å²) in [7, 11) is 0. The van der Waals surface area contributed by atoms with E-state index in [2.05, 4.69) is 45.0 Å². The van der Waals surface area contributed by atoms with Crippen molar-refractivity contribution >= 4 is 0 Å². The maximum atomic E-state index is 9.58. The van der Waals surface area contributed by atoms with Gasteiger partial charge in [-0.05, 0) is 31.2 Å². The summed E-state index contributed by atoms with van der Waals surface area (Å²) in [6.45, 7) is 6.37. The van der Waals surface area contributed by atoms with E-state index in [-0.39, 0.29) is 18.6 Å². The molecule has 0 heterocycles. The van der Waals surface area contributed by atoms with Gasteiger partial charge in [0.15, 0.2) is 0 Å². The van der Waals surface area contributed by atoms with Crippen LogP contribution in [0.2, 0.25) is 0 Å². The molecule has 0 aliphatic heterocycles. The quantitative estimate of drug-likeness (QED) is 0.797. The molecule has 2 heteroatoms. The van der Waals surface area contributed by atoms with Gasteiger partial charge in [0.2, 0.25) is 0 Å². The average molecular weight is 236 g/mol. The van der Waals surface area contributed by atoms with E-state index in [1.54, 1.807) is 0 Å². The molecule has 0 aliphatic rings. The van der Waals surface area contributed by atoms with Gasteiger partial charge < -0.3 is 10.2 Å². The lowest BCUT2D eigenvalue weighted by Gasteiger charge is -2.31. The Hall–Kier alpha value is -0.860. The summed E-state index contributed by atoms with van der Waals surface area (Å²) in [4.78, 5) is 0. The first-order chi connectivity index (χ1) is 8.01. The van der Waals surface area contributed by atoms with Gasteiger partial charge in [0.05, 0.1) is 13.2 Å². The fourth-order valence-corrected chi connectivity index (χ4v) is 2.37. The molecule has 0 aliphatic carbocycles. The predicted octanol–water partition coefficient (Wildman–Crippen LogP) is 2.55. The van der Waals surface area contributed by atoms with Crippen LogP contribution in [0.15, 0.2) is 24.3 Å². The number of rotatable bonds is 6. The van der Waals surface area contributed by atoms with Crippen LogP contribution in [-0.4, -0.2) is 23.4 Å². The lowest BCUT2D eigenvalue weighted by molar-refractivity contribution is 0.0369. The van der Waals surface area contributed by atoms with E-state index < -0.39 is 0 Å². The molecule has 2 N–H and O–H groups in total. The van der Waals surface area contributed by atoms with Crippen LogP contribution in [0.5, 0.6) is 0 Å². The summed E-state index contributed by atoms with van der Waals surface area (Å²) in [5, 5.41) is 19.2. The molecule has 0 saturated heterocycles. The van der Waals surface area contributed by atoms with E-state index in [9.17, 15) is 10.2 Å². The fraction of sp³-hybridized carbons (Fsp3) is 0.600.